The van der Waals surface area contributed by atoms with Crippen LogP contribution in [0, 0.1) is 0 Å². The van der Waals surface area contributed by atoms with E-state index in [9.17, 15) is 9.90 Å². The summed E-state index contributed by atoms with van der Waals surface area (Å²) in [7, 11) is 1.53. The lowest BCUT2D eigenvalue weighted by Crippen LogP contribution is -2.53. The molecule has 0 radical (unpaired) electrons. The fourth-order valence-corrected chi connectivity index (χ4v) is 1.59. The van der Waals surface area contributed by atoms with E-state index in [0.717, 1.165) is 19.3 Å². The first-order valence-corrected chi connectivity index (χ1v) is 5.51. The molecule has 0 aromatic heterocycles. The van der Waals surface area contributed by atoms with Crippen molar-refractivity contribution in [3.8, 4) is 0 Å². The van der Waals surface area contributed by atoms with Gasteiger partial charge in [-0.05, 0) is 32.6 Å². The zero-order valence-electron chi connectivity index (χ0n) is 9.80. The molecule has 0 spiro atoms. The number of ether oxygens (including phenoxy) is 1. The van der Waals surface area contributed by atoms with Gasteiger partial charge in [0.15, 0.2) is 0 Å². The molecule has 1 fully saturated rings. The van der Waals surface area contributed by atoms with E-state index < -0.39 is 11.2 Å². The molecule has 1 aliphatic rings. The van der Waals surface area contributed by atoms with Crippen LogP contribution in [0.15, 0.2) is 0 Å². The number of hydrogen-bond donors (Lipinski definition) is 2. The average molecular weight is 215 g/mol. The number of aliphatic hydroxyl groups is 1. The van der Waals surface area contributed by atoms with Gasteiger partial charge in [0.1, 0.15) is 5.60 Å². The van der Waals surface area contributed by atoms with Gasteiger partial charge in [0.05, 0.1) is 5.60 Å². The van der Waals surface area contributed by atoms with Gasteiger partial charge in [-0.15, -0.1) is 0 Å². The van der Waals surface area contributed by atoms with E-state index in [-0.39, 0.29) is 5.91 Å². The highest BCUT2D eigenvalue weighted by atomic mass is 16.5. The Balaban J connectivity index is 2.41. The van der Waals surface area contributed by atoms with Crippen molar-refractivity contribution in [1.29, 1.82) is 0 Å². The van der Waals surface area contributed by atoms with Gasteiger partial charge in [0, 0.05) is 13.7 Å². The van der Waals surface area contributed by atoms with Crippen LogP contribution < -0.4 is 5.32 Å². The summed E-state index contributed by atoms with van der Waals surface area (Å²) in [5.41, 5.74) is -1.45. The Morgan fingerprint density at radius 2 is 2.20 bits per heavy atom. The zero-order chi connectivity index (χ0) is 11.5. The van der Waals surface area contributed by atoms with Gasteiger partial charge in [-0.1, -0.05) is 6.92 Å². The van der Waals surface area contributed by atoms with Crippen molar-refractivity contribution >= 4 is 5.91 Å². The standard InChI is InChI=1S/C11H21NO3/c1-4-10(2,15-3)9(13)12-8-11(14)6-5-7-11/h14H,4-8H2,1-3H3,(H,12,13). The predicted octanol–water partition coefficient (Wildman–Crippen LogP) is 0.833. The second kappa shape index (κ2) is 4.49. The average Bonchev–Trinajstić information content (AvgIpc) is 2.21. The van der Waals surface area contributed by atoms with Crippen molar-refractivity contribution in [2.24, 2.45) is 0 Å². The minimum absolute atomic E-state index is 0.146. The molecule has 1 saturated carbocycles. The third-order valence-electron chi connectivity index (χ3n) is 3.47. The summed E-state index contributed by atoms with van der Waals surface area (Å²) >= 11 is 0. The lowest BCUT2D eigenvalue weighted by atomic mass is 9.80. The molecule has 4 heteroatoms. The van der Waals surface area contributed by atoms with Crippen molar-refractivity contribution in [3.63, 3.8) is 0 Å². The molecule has 1 atom stereocenters. The Morgan fingerprint density at radius 3 is 2.53 bits per heavy atom. The molecule has 4 nitrogen and oxygen atoms in total. The van der Waals surface area contributed by atoms with E-state index in [0.29, 0.717) is 13.0 Å². The second-order valence-corrected chi connectivity index (χ2v) is 4.55. The highest BCUT2D eigenvalue weighted by Gasteiger charge is 2.37. The third-order valence-corrected chi connectivity index (χ3v) is 3.47. The summed E-state index contributed by atoms with van der Waals surface area (Å²) in [5.74, 6) is -0.146. The van der Waals surface area contributed by atoms with E-state index >= 15 is 0 Å². The number of amides is 1. The van der Waals surface area contributed by atoms with Gasteiger partial charge < -0.3 is 15.2 Å². The highest BCUT2D eigenvalue weighted by Crippen LogP contribution is 2.30. The first-order chi connectivity index (χ1) is 6.96. The Bertz CT molecular complexity index is 232. The van der Waals surface area contributed by atoms with Crippen LogP contribution >= 0.6 is 0 Å². The maximum Gasteiger partial charge on any atom is 0.252 e. The van der Waals surface area contributed by atoms with E-state index in [1.165, 1.54) is 7.11 Å². The lowest BCUT2D eigenvalue weighted by Gasteiger charge is -2.37. The number of nitrogens with one attached hydrogen (secondary N) is 1. The largest absolute Gasteiger partial charge is 0.388 e. The first-order valence-electron chi connectivity index (χ1n) is 5.51. The Hall–Kier alpha value is -0.610. The highest BCUT2D eigenvalue weighted by molar-refractivity contribution is 5.84. The van der Waals surface area contributed by atoms with Crippen LogP contribution in [-0.2, 0) is 9.53 Å². The molecule has 0 bridgehead atoms. The molecule has 0 aliphatic heterocycles. The maximum absolute atomic E-state index is 11.8. The molecule has 0 saturated heterocycles. The number of carbonyl (C=O) groups excluding carboxylic acids is 1. The van der Waals surface area contributed by atoms with Crippen LogP contribution in [0.3, 0.4) is 0 Å². The number of methoxy groups -OCH3 is 1. The summed E-state index contributed by atoms with van der Waals surface area (Å²) in [4.78, 5) is 11.8. The summed E-state index contributed by atoms with van der Waals surface area (Å²) in [6.45, 7) is 4.00. The van der Waals surface area contributed by atoms with Gasteiger partial charge in [-0.2, -0.15) is 0 Å². The molecule has 0 aromatic carbocycles. The van der Waals surface area contributed by atoms with E-state index in [2.05, 4.69) is 5.32 Å². The van der Waals surface area contributed by atoms with Gasteiger partial charge in [-0.25, -0.2) is 0 Å². The molecule has 1 unspecified atom stereocenters. The minimum Gasteiger partial charge on any atom is -0.388 e. The monoisotopic (exact) mass is 215 g/mol. The summed E-state index contributed by atoms with van der Waals surface area (Å²) in [6, 6.07) is 0. The lowest BCUT2D eigenvalue weighted by molar-refractivity contribution is -0.144. The molecule has 15 heavy (non-hydrogen) atoms. The summed E-state index contributed by atoms with van der Waals surface area (Å²) in [6.07, 6.45) is 3.22. The molecule has 88 valence electrons. The molecule has 1 amide bonds. The quantitative estimate of drug-likeness (QED) is 0.714. The Kier molecular flexibility index (Phi) is 3.73. The minimum atomic E-state index is -0.778. The van der Waals surface area contributed by atoms with Crippen LogP contribution in [0.2, 0.25) is 0 Å². The van der Waals surface area contributed by atoms with Crippen LogP contribution in [0.1, 0.15) is 39.5 Å². The van der Waals surface area contributed by atoms with Crippen LogP contribution in [0.4, 0.5) is 0 Å². The zero-order valence-corrected chi connectivity index (χ0v) is 9.80. The first kappa shape index (κ1) is 12.5. The number of carbonyl (C=O) groups is 1. The molecule has 1 rings (SSSR count). The third kappa shape index (κ3) is 2.69. The number of hydrogen-bond acceptors (Lipinski definition) is 3. The Labute approximate surface area is 91.0 Å². The molecule has 1 aliphatic carbocycles. The molecule has 2 N–H and O–H groups in total. The maximum atomic E-state index is 11.8. The predicted molar refractivity (Wildman–Crippen MR) is 57.5 cm³/mol. The van der Waals surface area contributed by atoms with Crippen molar-refractivity contribution in [1.82, 2.24) is 5.32 Å². The second-order valence-electron chi connectivity index (χ2n) is 4.55. The van der Waals surface area contributed by atoms with E-state index in [1.807, 2.05) is 6.92 Å². The Morgan fingerprint density at radius 1 is 1.60 bits per heavy atom. The van der Waals surface area contributed by atoms with Gasteiger partial charge in [0.25, 0.3) is 5.91 Å². The van der Waals surface area contributed by atoms with Crippen LogP contribution in [0.25, 0.3) is 0 Å². The number of rotatable bonds is 5. The fraction of sp³-hybridized carbons (Fsp3) is 0.909. The normalized spacial score (nSPS) is 22.7. The molecular weight excluding hydrogens is 194 g/mol. The summed E-state index contributed by atoms with van der Waals surface area (Å²) < 4.78 is 5.17. The smallest absolute Gasteiger partial charge is 0.252 e. The summed E-state index contributed by atoms with van der Waals surface area (Å²) in [5, 5.41) is 12.6. The fourth-order valence-electron chi connectivity index (χ4n) is 1.59. The molecule has 0 aromatic rings. The van der Waals surface area contributed by atoms with Gasteiger partial charge in [-0.3, -0.25) is 4.79 Å². The van der Waals surface area contributed by atoms with Crippen LogP contribution in [0.5, 0.6) is 0 Å². The van der Waals surface area contributed by atoms with Crippen molar-refractivity contribution in [3.05, 3.63) is 0 Å². The van der Waals surface area contributed by atoms with Crippen LogP contribution in [-0.4, -0.2) is 35.9 Å². The van der Waals surface area contributed by atoms with E-state index in [4.69, 9.17) is 4.74 Å². The SMILES string of the molecule is CCC(C)(OC)C(=O)NCC1(O)CCC1. The van der Waals surface area contributed by atoms with Crippen molar-refractivity contribution in [2.75, 3.05) is 13.7 Å². The van der Waals surface area contributed by atoms with Crippen molar-refractivity contribution < 1.29 is 14.6 Å². The van der Waals surface area contributed by atoms with E-state index in [1.54, 1.807) is 6.92 Å². The van der Waals surface area contributed by atoms with Gasteiger partial charge >= 0.3 is 0 Å². The van der Waals surface area contributed by atoms with Crippen molar-refractivity contribution in [2.45, 2.75) is 50.7 Å². The van der Waals surface area contributed by atoms with Gasteiger partial charge in [0.2, 0.25) is 0 Å². The topological polar surface area (TPSA) is 58.6 Å². The molecule has 0 heterocycles. The molecular formula is C11H21NO3.